The quantitative estimate of drug-likeness (QED) is 0.430. The molecule has 9 nitrogen and oxygen atoms in total. The first-order valence-electron chi connectivity index (χ1n) is 7.40. The molecule has 0 aliphatic rings. The van der Waals surface area contributed by atoms with Crippen LogP contribution in [0.4, 0.5) is 11.5 Å². The highest BCUT2D eigenvalue weighted by atomic mass is 16.6. The van der Waals surface area contributed by atoms with E-state index in [9.17, 15) is 14.9 Å². The Morgan fingerprint density at radius 2 is 2.24 bits per heavy atom. The summed E-state index contributed by atoms with van der Waals surface area (Å²) in [7, 11) is 1.20. The molecule has 3 rings (SSSR count). The van der Waals surface area contributed by atoms with E-state index in [1.165, 1.54) is 13.3 Å². The molecule has 3 heterocycles. The number of ether oxygens (including phenoxy) is 1. The number of nitrogens with zero attached hydrogens (tertiary/aromatic N) is 4. The van der Waals surface area contributed by atoms with Crippen molar-refractivity contribution in [3.8, 4) is 0 Å². The van der Waals surface area contributed by atoms with E-state index in [-0.39, 0.29) is 23.6 Å². The average molecular weight is 341 g/mol. The van der Waals surface area contributed by atoms with Crippen molar-refractivity contribution in [3.05, 3.63) is 63.7 Å². The van der Waals surface area contributed by atoms with Gasteiger partial charge in [-0.3, -0.25) is 10.1 Å². The van der Waals surface area contributed by atoms with Crippen LogP contribution in [0.3, 0.4) is 0 Å². The van der Waals surface area contributed by atoms with E-state index in [4.69, 9.17) is 0 Å². The maximum atomic E-state index is 11.5. The summed E-state index contributed by atoms with van der Waals surface area (Å²) in [6, 6.07) is 6.88. The van der Waals surface area contributed by atoms with Gasteiger partial charge in [0.2, 0.25) is 5.82 Å². The number of nitro groups is 1. The van der Waals surface area contributed by atoms with Gasteiger partial charge in [-0.1, -0.05) is 6.07 Å². The molecule has 3 aromatic rings. The zero-order chi connectivity index (χ0) is 18.0. The van der Waals surface area contributed by atoms with Crippen molar-refractivity contribution in [3.63, 3.8) is 0 Å². The van der Waals surface area contributed by atoms with Crippen molar-refractivity contribution in [1.82, 2.24) is 14.4 Å². The molecular formula is C16H15N5O4. The fourth-order valence-corrected chi connectivity index (χ4v) is 2.42. The fraction of sp³-hybridized carbons (Fsp3) is 0.188. The van der Waals surface area contributed by atoms with Gasteiger partial charge in [0.15, 0.2) is 0 Å². The predicted octanol–water partition coefficient (Wildman–Crippen LogP) is 2.34. The number of nitrogens with one attached hydrogen (secondary N) is 1. The summed E-state index contributed by atoms with van der Waals surface area (Å²) in [6.07, 6.45) is 3.08. The molecule has 0 aliphatic carbocycles. The Hall–Kier alpha value is -3.49. The van der Waals surface area contributed by atoms with E-state index < -0.39 is 10.9 Å². The summed E-state index contributed by atoms with van der Waals surface area (Å²) in [4.78, 5) is 30.5. The minimum atomic E-state index is -0.682. The Balaban J connectivity index is 1.85. The van der Waals surface area contributed by atoms with E-state index in [2.05, 4.69) is 20.0 Å². The third kappa shape index (κ3) is 3.25. The van der Waals surface area contributed by atoms with Gasteiger partial charge >= 0.3 is 11.7 Å². The Morgan fingerprint density at radius 3 is 2.92 bits per heavy atom. The topological polar surface area (TPSA) is 112 Å². The van der Waals surface area contributed by atoms with Gasteiger partial charge in [-0.15, -0.1) is 0 Å². The molecule has 0 bridgehead atoms. The third-order valence-corrected chi connectivity index (χ3v) is 3.67. The maximum Gasteiger partial charge on any atom is 0.339 e. The summed E-state index contributed by atoms with van der Waals surface area (Å²) >= 11 is 0. The molecule has 0 fully saturated rings. The molecular weight excluding hydrogens is 326 g/mol. The first-order valence-corrected chi connectivity index (χ1v) is 7.40. The number of aromatic nitrogens is 3. The van der Waals surface area contributed by atoms with E-state index in [1.54, 1.807) is 0 Å². The van der Waals surface area contributed by atoms with Crippen LogP contribution < -0.4 is 5.32 Å². The van der Waals surface area contributed by atoms with E-state index in [0.29, 0.717) is 5.69 Å². The number of carbonyl (C=O) groups excluding carboxylic acids is 1. The zero-order valence-electron chi connectivity index (χ0n) is 13.6. The maximum absolute atomic E-state index is 11.5. The van der Waals surface area contributed by atoms with Gasteiger partial charge in [0.05, 0.1) is 29.8 Å². The highest BCUT2D eigenvalue weighted by Gasteiger charge is 2.19. The predicted molar refractivity (Wildman–Crippen MR) is 89.5 cm³/mol. The van der Waals surface area contributed by atoms with Crippen LogP contribution in [0.25, 0.3) is 5.65 Å². The molecule has 3 aromatic heterocycles. The molecule has 1 N–H and O–H groups in total. The lowest BCUT2D eigenvalue weighted by molar-refractivity contribution is -0.384. The number of hydrogen-bond acceptors (Lipinski definition) is 7. The van der Waals surface area contributed by atoms with E-state index in [1.807, 2.05) is 35.7 Å². The SMILES string of the molecule is COC(=O)c1cnc(NCc2cn3c(C)cccc3n2)c([N+](=O)[O-])c1. The minimum Gasteiger partial charge on any atom is -0.465 e. The lowest BCUT2D eigenvalue weighted by Crippen LogP contribution is -2.08. The van der Waals surface area contributed by atoms with Crippen molar-refractivity contribution in [2.75, 3.05) is 12.4 Å². The molecule has 0 spiro atoms. The van der Waals surface area contributed by atoms with Crippen molar-refractivity contribution in [2.45, 2.75) is 13.5 Å². The van der Waals surface area contributed by atoms with Gasteiger partial charge in [0.25, 0.3) is 0 Å². The second-order valence-electron chi connectivity index (χ2n) is 5.32. The fourth-order valence-electron chi connectivity index (χ4n) is 2.42. The van der Waals surface area contributed by atoms with Crippen molar-refractivity contribution in [2.24, 2.45) is 0 Å². The van der Waals surface area contributed by atoms with Crippen LogP contribution in [-0.4, -0.2) is 32.4 Å². The molecule has 0 saturated heterocycles. The van der Waals surface area contributed by atoms with Gasteiger partial charge in [0.1, 0.15) is 5.65 Å². The van der Waals surface area contributed by atoms with Gasteiger partial charge in [-0.05, 0) is 19.1 Å². The largest absolute Gasteiger partial charge is 0.465 e. The van der Waals surface area contributed by atoms with Crippen LogP contribution in [0.1, 0.15) is 21.7 Å². The van der Waals surface area contributed by atoms with E-state index >= 15 is 0 Å². The number of methoxy groups -OCH3 is 1. The zero-order valence-corrected chi connectivity index (χ0v) is 13.6. The number of anilines is 1. The van der Waals surface area contributed by atoms with Crippen LogP contribution in [0.2, 0.25) is 0 Å². The molecule has 0 radical (unpaired) electrons. The van der Waals surface area contributed by atoms with Gasteiger partial charge in [0, 0.05) is 24.2 Å². The first-order chi connectivity index (χ1) is 12.0. The Kier molecular flexibility index (Phi) is 4.29. The Bertz CT molecular complexity index is 966. The van der Waals surface area contributed by atoms with Crippen LogP contribution in [0.15, 0.2) is 36.7 Å². The third-order valence-electron chi connectivity index (χ3n) is 3.67. The monoisotopic (exact) mass is 341 g/mol. The molecule has 128 valence electrons. The van der Waals surface area contributed by atoms with Crippen molar-refractivity contribution >= 4 is 23.1 Å². The van der Waals surface area contributed by atoms with Crippen molar-refractivity contribution in [1.29, 1.82) is 0 Å². The molecule has 25 heavy (non-hydrogen) atoms. The smallest absolute Gasteiger partial charge is 0.339 e. The number of pyridine rings is 2. The van der Waals surface area contributed by atoms with Crippen molar-refractivity contribution < 1.29 is 14.5 Å². The number of rotatable bonds is 5. The number of aryl methyl sites for hydroxylation is 1. The second-order valence-corrected chi connectivity index (χ2v) is 5.32. The summed E-state index contributed by atoms with van der Waals surface area (Å²) < 4.78 is 6.48. The number of imidazole rings is 1. The molecule has 9 heteroatoms. The Morgan fingerprint density at radius 1 is 1.44 bits per heavy atom. The number of fused-ring (bicyclic) bond motifs is 1. The molecule has 0 aromatic carbocycles. The van der Waals surface area contributed by atoms with Crippen LogP contribution in [-0.2, 0) is 11.3 Å². The number of carbonyl (C=O) groups is 1. The first kappa shape index (κ1) is 16.4. The van der Waals surface area contributed by atoms with Crippen LogP contribution in [0.5, 0.6) is 0 Å². The molecule has 0 aliphatic heterocycles. The van der Waals surface area contributed by atoms with Crippen LogP contribution in [0, 0.1) is 17.0 Å². The number of hydrogen-bond donors (Lipinski definition) is 1. The molecule has 0 saturated carbocycles. The second kappa shape index (κ2) is 6.56. The Labute approximate surface area is 142 Å². The molecule has 0 amide bonds. The lowest BCUT2D eigenvalue weighted by atomic mass is 10.2. The van der Waals surface area contributed by atoms with Gasteiger partial charge in [-0.25, -0.2) is 14.8 Å². The minimum absolute atomic E-state index is 0.0168. The average Bonchev–Trinajstić information content (AvgIpc) is 3.03. The molecule has 0 unspecified atom stereocenters. The standard InChI is InChI=1S/C16H15N5O4/c1-10-4-3-5-14-19-12(9-20(10)14)8-18-15-13(21(23)24)6-11(7-17-15)16(22)25-2/h3-7,9H,8H2,1-2H3,(H,17,18). The highest BCUT2D eigenvalue weighted by molar-refractivity contribution is 5.90. The number of esters is 1. The van der Waals surface area contributed by atoms with E-state index in [0.717, 1.165) is 17.4 Å². The van der Waals surface area contributed by atoms with Crippen LogP contribution >= 0.6 is 0 Å². The van der Waals surface area contributed by atoms with Gasteiger partial charge < -0.3 is 14.5 Å². The summed E-state index contributed by atoms with van der Waals surface area (Å²) in [5, 5.41) is 14.1. The summed E-state index contributed by atoms with van der Waals surface area (Å²) in [6.45, 7) is 2.22. The lowest BCUT2D eigenvalue weighted by Gasteiger charge is -2.06. The summed E-state index contributed by atoms with van der Waals surface area (Å²) in [5.41, 5.74) is 2.25. The highest BCUT2D eigenvalue weighted by Crippen LogP contribution is 2.23. The normalized spacial score (nSPS) is 10.6. The molecule has 0 atom stereocenters. The van der Waals surface area contributed by atoms with Gasteiger partial charge in [-0.2, -0.15) is 0 Å². The summed E-state index contributed by atoms with van der Waals surface area (Å²) in [5.74, 6) is -0.621.